The van der Waals surface area contributed by atoms with Gasteiger partial charge in [-0.2, -0.15) is 8.78 Å². The molecule has 1 amide bonds. The first-order valence-electron chi connectivity index (χ1n) is 5.07. The maximum Gasteiger partial charge on any atom is 0.288 e. The SMILES string of the molecule is CC(CNc1ccccc1SC(F)F)C(N)=O. The number of hydrogen-bond acceptors (Lipinski definition) is 3. The molecular formula is C11H14F2N2OS. The van der Waals surface area contributed by atoms with Crippen LogP contribution >= 0.6 is 11.8 Å². The number of primary amides is 1. The summed E-state index contributed by atoms with van der Waals surface area (Å²) in [6.07, 6.45) is 0. The molecule has 0 aliphatic rings. The number of carbonyl (C=O) groups is 1. The van der Waals surface area contributed by atoms with Gasteiger partial charge in [-0.05, 0) is 12.1 Å². The molecule has 94 valence electrons. The molecule has 1 rings (SSSR count). The quantitative estimate of drug-likeness (QED) is 0.773. The Hall–Kier alpha value is -1.30. The summed E-state index contributed by atoms with van der Waals surface area (Å²) in [5, 5.41) is 2.94. The molecule has 0 saturated heterocycles. The van der Waals surface area contributed by atoms with Gasteiger partial charge in [-0.3, -0.25) is 4.79 Å². The lowest BCUT2D eigenvalue weighted by Gasteiger charge is -2.13. The van der Waals surface area contributed by atoms with Crippen LogP contribution in [-0.4, -0.2) is 18.2 Å². The van der Waals surface area contributed by atoms with Crippen molar-refractivity contribution in [1.29, 1.82) is 0 Å². The highest BCUT2D eigenvalue weighted by Crippen LogP contribution is 2.31. The molecule has 0 bridgehead atoms. The third kappa shape index (κ3) is 4.60. The Kier molecular flexibility index (Phi) is 5.21. The van der Waals surface area contributed by atoms with Crippen LogP contribution in [0.5, 0.6) is 0 Å². The van der Waals surface area contributed by atoms with E-state index >= 15 is 0 Å². The lowest BCUT2D eigenvalue weighted by molar-refractivity contribution is -0.120. The zero-order chi connectivity index (χ0) is 12.8. The second kappa shape index (κ2) is 6.44. The summed E-state index contributed by atoms with van der Waals surface area (Å²) >= 11 is 0.473. The predicted molar refractivity (Wildman–Crippen MR) is 65.2 cm³/mol. The first-order chi connectivity index (χ1) is 8.00. The van der Waals surface area contributed by atoms with Crippen LogP contribution in [0.1, 0.15) is 6.92 Å². The summed E-state index contributed by atoms with van der Waals surface area (Å²) in [4.78, 5) is 11.3. The number of anilines is 1. The number of nitrogens with two attached hydrogens (primary N) is 1. The number of hydrogen-bond donors (Lipinski definition) is 2. The number of carbonyl (C=O) groups excluding carboxylic acids is 1. The van der Waals surface area contributed by atoms with E-state index in [9.17, 15) is 13.6 Å². The van der Waals surface area contributed by atoms with Crippen molar-refractivity contribution in [2.24, 2.45) is 11.7 Å². The minimum absolute atomic E-state index is 0.330. The van der Waals surface area contributed by atoms with Crippen LogP contribution in [0.15, 0.2) is 29.2 Å². The van der Waals surface area contributed by atoms with E-state index in [2.05, 4.69) is 5.32 Å². The van der Waals surface area contributed by atoms with E-state index in [0.717, 1.165) is 0 Å². The van der Waals surface area contributed by atoms with Gasteiger partial charge in [0.2, 0.25) is 5.91 Å². The Balaban J connectivity index is 2.66. The monoisotopic (exact) mass is 260 g/mol. The first kappa shape index (κ1) is 13.8. The molecule has 0 aliphatic heterocycles. The molecule has 0 fully saturated rings. The van der Waals surface area contributed by atoms with Crippen molar-refractivity contribution < 1.29 is 13.6 Å². The Labute approximate surface area is 103 Å². The van der Waals surface area contributed by atoms with Crippen LogP contribution in [0.4, 0.5) is 14.5 Å². The number of thioether (sulfide) groups is 1. The van der Waals surface area contributed by atoms with Gasteiger partial charge in [0.1, 0.15) is 0 Å². The summed E-state index contributed by atoms with van der Waals surface area (Å²) in [6.45, 7) is 2.01. The maximum absolute atomic E-state index is 12.3. The van der Waals surface area contributed by atoms with E-state index in [-0.39, 0.29) is 5.92 Å². The highest BCUT2D eigenvalue weighted by Gasteiger charge is 2.12. The fourth-order valence-corrected chi connectivity index (χ4v) is 1.79. The zero-order valence-electron chi connectivity index (χ0n) is 9.32. The van der Waals surface area contributed by atoms with Gasteiger partial charge < -0.3 is 11.1 Å². The van der Waals surface area contributed by atoms with Crippen molar-refractivity contribution in [2.75, 3.05) is 11.9 Å². The van der Waals surface area contributed by atoms with Gasteiger partial charge >= 0.3 is 0 Å². The molecule has 1 aromatic carbocycles. The number of rotatable bonds is 6. The summed E-state index contributed by atoms with van der Waals surface area (Å²) in [5.74, 6) is -3.23. The summed E-state index contributed by atoms with van der Waals surface area (Å²) in [6, 6.07) is 6.73. The van der Waals surface area contributed by atoms with Crippen LogP contribution in [0.25, 0.3) is 0 Å². The van der Waals surface area contributed by atoms with E-state index in [0.29, 0.717) is 28.9 Å². The van der Waals surface area contributed by atoms with E-state index < -0.39 is 11.7 Å². The van der Waals surface area contributed by atoms with Gasteiger partial charge in [-0.1, -0.05) is 30.8 Å². The molecule has 1 atom stereocenters. The summed E-state index contributed by atoms with van der Waals surface area (Å²) in [7, 11) is 0. The molecule has 0 aromatic heterocycles. The van der Waals surface area contributed by atoms with Crippen molar-refractivity contribution in [3.63, 3.8) is 0 Å². The number of amides is 1. The Morgan fingerprint density at radius 3 is 2.71 bits per heavy atom. The Morgan fingerprint density at radius 1 is 1.47 bits per heavy atom. The lowest BCUT2D eigenvalue weighted by Crippen LogP contribution is -2.26. The molecule has 3 N–H and O–H groups in total. The number of para-hydroxylation sites is 1. The second-order valence-electron chi connectivity index (χ2n) is 3.56. The van der Waals surface area contributed by atoms with Gasteiger partial charge in [-0.25, -0.2) is 0 Å². The highest BCUT2D eigenvalue weighted by atomic mass is 32.2. The molecule has 17 heavy (non-hydrogen) atoms. The van der Waals surface area contributed by atoms with Gasteiger partial charge in [0.05, 0.1) is 5.92 Å². The van der Waals surface area contributed by atoms with Gasteiger partial charge in [0.25, 0.3) is 5.76 Å². The summed E-state index contributed by atoms with van der Waals surface area (Å²) in [5.41, 5.74) is 5.70. The van der Waals surface area contributed by atoms with Crippen molar-refractivity contribution in [1.82, 2.24) is 0 Å². The van der Waals surface area contributed by atoms with Gasteiger partial charge in [0.15, 0.2) is 0 Å². The third-order valence-electron chi connectivity index (χ3n) is 2.19. The summed E-state index contributed by atoms with van der Waals surface area (Å²) < 4.78 is 24.6. The Morgan fingerprint density at radius 2 is 2.12 bits per heavy atom. The van der Waals surface area contributed by atoms with Crippen LogP contribution in [0.3, 0.4) is 0 Å². The number of nitrogens with one attached hydrogen (secondary N) is 1. The predicted octanol–water partition coefficient (Wildman–Crippen LogP) is 2.53. The molecule has 1 aromatic rings. The van der Waals surface area contributed by atoms with E-state index in [1.807, 2.05) is 0 Å². The minimum Gasteiger partial charge on any atom is -0.383 e. The van der Waals surface area contributed by atoms with Crippen LogP contribution in [0, 0.1) is 5.92 Å². The molecular weight excluding hydrogens is 246 g/mol. The van der Waals surface area contributed by atoms with E-state index in [1.54, 1.807) is 31.2 Å². The molecule has 0 saturated carbocycles. The van der Waals surface area contributed by atoms with Crippen molar-refractivity contribution in [3.05, 3.63) is 24.3 Å². The first-order valence-corrected chi connectivity index (χ1v) is 5.95. The molecule has 6 heteroatoms. The highest BCUT2D eigenvalue weighted by molar-refractivity contribution is 7.99. The van der Waals surface area contributed by atoms with Crippen LogP contribution < -0.4 is 11.1 Å². The molecule has 3 nitrogen and oxygen atoms in total. The fraction of sp³-hybridized carbons (Fsp3) is 0.364. The van der Waals surface area contributed by atoms with E-state index in [4.69, 9.17) is 5.73 Å². The largest absolute Gasteiger partial charge is 0.383 e. The zero-order valence-corrected chi connectivity index (χ0v) is 10.1. The molecule has 1 unspecified atom stereocenters. The van der Waals surface area contributed by atoms with Crippen molar-refractivity contribution >= 4 is 23.4 Å². The van der Waals surface area contributed by atoms with Gasteiger partial charge in [0, 0.05) is 17.1 Å². The average Bonchev–Trinajstić information content (AvgIpc) is 2.26. The number of halogens is 2. The molecule has 0 heterocycles. The van der Waals surface area contributed by atoms with Crippen molar-refractivity contribution in [2.45, 2.75) is 17.6 Å². The van der Waals surface area contributed by atoms with Crippen molar-refractivity contribution in [3.8, 4) is 0 Å². The normalized spacial score (nSPS) is 12.5. The Bertz CT molecular complexity index is 387. The van der Waals surface area contributed by atoms with Gasteiger partial charge in [-0.15, -0.1) is 0 Å². The van der Waals surface area contributed by atoms with E-state index in [1.165, 1.54) is 0 Å². The standard InChI is InChI=1S/C11H14F2N2OS/c1-7(10(14)16)6-15-8-4-2-3-5-9(8)17-11(12)13/h2-5,7,11,15H,6H2,1H3,(H2,14,16). The second-order valence-corrected chi connectivity index (χ2v) is 4.59. The third-order valence-corrected chi connectivity index (χ3v) is 2.98. The number of alkyl halides is 2. The van der Waals surface area contributed by atoms with Crippen LogP contribution in [0.2, 0.25) is 0 Å². The average molecular weight is 260 g/mol. The lowest BCUT2D eigenvalue weighted by atomic mass is 10.1. The fourth-order valence-electron chi connectivity index (χ4n) is 1.18. The molecule has 0 radical (unpaired) electrons. The number of benzene rings is 1. The smallest absolute Gasteiger partial charge is 0.288 e. The topological polar surface area (TPSA) is 55.1 Å². The molecule has 0 aliphatic carbocycles. The van der Waals surface area contributed by atoms with Crippen LogP contribution in [-0.2, 0) is 4.79 Å². The minimum atomic E-state index is -2.47. The maximum atomic E-state index is 12.3. The molecule has 0 spiro atoms.